The summed E-state index contributed by atoms with van der Waals surface area (Å²) in [6.07, 6.45) is 0.608. The van der Waals surface area contributed by atoms with Crippen molar-refractivity contribution in [2.24, 2.45) is 0 Å². The van der Waals surface area contributed by atoms with Crippen LogP contribution in [-0.2, 0) is 0 Å². The molecule has 92 valence electrons. The minimum absolute atomic E-state index is 0.219. The Bertz CT molecular complexity index is 456. The lowest BCUT2D eigenvalue weighted by molar-refractivity contribution is 0.198. The Labute approximate surface area is 108 Å². The van der Waals surface area contributed by atoms with Crippen molar-refractivity contribution < 1.29 is 5.11 Å². The van der Waals surface area contributed by atoms with E-state index >= 15 is 0 Å². The zero-order valence-electron chi connectivity index (χ0n) is 10.3. The number of anilines is 1. The Hall–Kier alpha value is -0.990. The molecule has 0 bridgehead atoms. The lowest BCUT2D eigenvalue weighted by Gasteiger charge is -2.20. The van der Waals surface area contributed by atoms with E-state index in [1.165, 1.54) is 0 Å². The molecule has 1 aliphatic heterocycles. The topological polar surface area (TPSA) is 23.5 Å². The highest BCUT2D eigenvalue weighted by atomic mass is 35.5. The highest BCUT2D eigenvalue weighted by molar-refractivity contribution is 6.31. The molecule has 0 amide bonds. The summed E-state index contributed by atoms with van der Waals surface area (Å²) in [5.41, 5.74) is 4.28. The van der Waals surface area contributed by atoms with E-state index in [1.54, 1.807) is 0 Å². The third kappa shape index (κ3) is 2.48. The highest BCUT2D eigenvalue weighted by Crippen LogP contribution is 2.31. The van der Waals surface area contributed by atoms with Crippen molar-refractivity contribution in [3.05, 3.63) is 34.9 Å². The first kappa shape index (κ1) is 12.5. The lowest BCUT2D eigenvalue weighted by atomic mass is 10.0. The van der Waals surface area contributed by atoms with Crippen molar-refractivity contribution in [3.63, 3.8) is 0 Å². The molecule has 0 spiro atoms. The van der Waals surface area contributed by atoms with Gasteiger partial charge in [0.2, 0.25) is 0 Å². The maximum absolute atomic E-state index is 9.57. The van der Waals surface area contributed by atoms with Gasteiger partial charge >= 0.3 is 0 Å². The molecule has 2 nitrogen and oxygen atoms in total. The number of aliphatic hydroxyl groups excluding tert-OH is 1. The molecule has 0 aromatic heterocycles. The summed E-state index contributed by atoms with van der Waals surface area (Å²) in [4.78, 5) is 2.17. The summed E-state index contributed by atoms with van der Waals surface area (Å²) < 4.78 is 0. The van der Waals surface area contributed by atoms with Gasteiger partial charge in [-0.2, -0.15) is 0 Å². The first-order valence-corrected chi connectivity index (χ1v) is 6.26. The zero-order valence-corrected chi connectivity index (χ0v) is 11.1. The summed E-state index contributed by atoms with van der Waals surface area (Å²) in [6, 6.07) is 4.09. The Morgan fingerprint density at radius 3 is 2.76 bits per heavy atom. The van der Waals surface area contributed by atoms with E-state index in [0.717, 1.165) is 40.4 Å². The quantitative estimate of drug-likeness (QED) is 0.872. The van der Waals surface area contributed by atoms with Gasteiger partial charge in [-0.1, -0.05) is 23.8 Å². The highest BCUT2D eigenvalue weighted by Gasteiger charge is 2.21. The van der Waals surface area contributed by atoms with Gasteiger partial charge in [0.15, 0.2) is 0 Å². The van der Waals surface area contributed by atoms with Crippen molar-refractivity contribution in [2.45, 2.75) is 26.4 Å². The van der Waals surface area contributed by atoms with Crippen LogP contribution in [0.2, 0.25) is 5.02 Å². The van der Waals surface area contributed by atoms with E-state index in [9.17, 15) is 5.11 Å². The van der Waals surface area contributed by atoms with Crippen LogP contribution < -0.4 is 4.90 Å². The van der Waals surface area contributed by atoms with Crippen LogP contribution in [0.4, 0.5) is 5.69 Å². The van der Waals surface area contributed by atoms with Crippen LogP contribution in [0, 0.1) is 6.92 Å². The molecule has 1 atom stereocenters. The number of hydrogen-bond acceptors (Lipinski definition) is 2. The van der Waals surface area contributed by atoms with Crippen LogP contribution in [0.25, 0.3) is 5.57 Å². The summed E-state index contributed by atoms with van der Waals surface area (Å²) in [6.45, 7) is 9.55. The largest absolute Gasteiger partial charge is 0.391 e. The fourth-order valence-electron chi connectivity index (χ4n) is 2.27. The number of rotatable bonds is 2. The first-order chi connectivity index (χ1) is 7.99. The van der Waals surface area contributed by atoms with Crippen molar-refractivity contribution in [1.29, 1.82) is 0 Å². The molecule has 0 saturated carbocycles. The average molecular weight is 252 g/mol. The summed E-state index contributed by atoms with van der Waals surface area (Å²) >= 11 is 6.25. The van der Waals surface area contributed by atoms with Crippen molar-refractivity contribution in [1.82, 2.24) is 0 Å². The fraction of sp³-hybridized carbons (Fsp3) is 0.429. The van der Waals surface area contributed by atoms with Crippen molar-refractivity contribution in [2.75, 3.05) is 18.0 Å². The molecular formula is C14H18ClNO. The minimum atomic E-state index is -0.219. The van der Waals surface area contributed by atoms with E-state index < -0.39 is 0 Å². The van der Waals surface area contributed by atoms with Gasteiger partial charge in [0.1, 0.15) is 0 Å². The Morgan fingerprint density at radius 2 is 2.24 bits per heavy atom. The van der Waals surface area contributed by atoms with Gasteiger partial charge in [-0.3, -0.25) is 0 Å². The second kappa shape index (κ2) is 4.71. The molecule has 1 aromatic rings. The summed E-state index contributed by atoms with van der Waals surface area (Å²) in [5, 5.41) is 10.3. The third-order valence-electron chi connectivity index (χ3n) is 3.32. The van der Waals surface area contributed by atoms with Gasteiger partial charge in [0, 0.05) is 23.8 Å². The Morgan fingerprint density at radius 1 is 1.53 bits per heavy atom. The number of aliphatic hydroxyl groups is 1. The number of β-amino-alcohol motifs (C(OH)–C–C–N with tert-alkyl or cyclic N) is 1. The summed E-state index contributed by atoms with van der Waals surface area (Å²) in [5.74, 6) is 0. The number of hydrogen-bond donors (Lipinski definition) is 1. The Kier molecular flexibility index (Phi) is 3.45. The molecular weight excluding hydrogens is 234 g/mol. The molecule has 3 heteroatoms. The van der Waals surface area contributed by atoms with Crippen LogP contribution in [0.15, 0.2) is 18.7 Å². The molecule has 0 aliphatic carbocycles. The molecule has 17 heavy (non-hydrogen) atoms. The van der Waals surface area contributed by atoms with Gasteiger partial charge in [-0.25, -0.2) is 0 Å². The van der Waals surface area contributed by atoms with Crippen molar-refractivity contribution >= 4 is 22.9 Å². The molecule has 1 N–H and O–H groups in total. The monoisotopic (exact) mass is 251 g/mol. The van der Waals surface area contributed by atoms with E-state index in [-0.39, 0.29) is 6.10 Å². The molecule has 1 aliphatic rings. The Balaban J connectivity index is 2.39. The van der Waals surface area contributed by atoms with E-state index in [1.807, 2.05) is 19.9 Å². The normalized spacial score (nSPS) is 19.8. The predicted octanol–water partition coefficient (Wildman–Crippen LogP) is 3.25. The smallest absolute Gasteiger partial charge is 0.0731 e. The van der Waals surface area contributed by atoms with E-state index in [0.29, 0.717) is 6.54 Å². The minimum Gasteiger partial charge on any atom is -0.391 e. The molecule has 1 saturated heterocycles. The van der Waals surface area contributed by atoms with Crippen LogP contribution in [0.3, 0.4) is 0 Å². The van der Waals surface area contributed by atoms with Gasteiger partial charge in [0.25, 0.3) is 0 Å². The van der Waals surface area contributed by atoms with Crippen LogP contribution >= 0.6 is 11.6 Å². The zero-order chi connectivity index (χ0) is 12.6. The molecule has 0 unspecified atom stereocenters. The van der Waals surface area contributed by atoms with Gasteiger partial charge in [-0.15, -0.1) is 0 Å². The van der Waals surface area contributed by atoms with Gasteiger partial charge in [0.05, 0.1) is 6.10 Å². The van der Waals surface area contributed by atoms with Crippen LogP contribution in [-0.4, -0.2) is 24.3 Å². The number of halogens is 1. The van der Waals surface area contributed by atoms with Gasteiger partial charge in [-0.05, 0) is 43.5 Å². The maximum atomic E-state index is 9.57. The van der Waals surface area contributed by atoms with E-state index in [2.05, 4.69) is 17.5 Å². The second-order valence-corrected chi connectivity index (χ2v) is 5.18. The van der Waals surface area contributed by atoms with E-state index in [4.69, 9.17) is 11.6 Å². The number of allylic oxidation sites excluding steroid dienone is 1. The fourth-order valence-corrected chi connectivity index (χ4v) is 2.48. The van der Waals surface area contributed by atoms with Crippen molar-refractivity contribution in [3.8, 4) is 0 Å². The average Bonchev–Trinajstić information content (AvgIpc) is 2.68. The molecule has 0 radical (unpaired) electrons. The van der Waals surface area contributed by atoms with Gasteiger partial charge < -0.3 is 10.0 Å². The molecule has 2 rings (SSSR count). The first-order valence-electron chi connectivity index (χ1n) is 5.88. The number of nitrogens with zero attached hydrogens (tertiary/aromatic N) is 1. The standard InChI is InChI=1S/C14H18ClNO/c1-9(2)13-6-11(7-14(15)10(13)3)16-5-4-12(17)8-16/h6-7,12,17H,1,4-5,8H2,2-3H3/t12-/m1/s1. The predicted molar refractivity (Wildman–Crippen MR) is 73.7 cm³/mol. The SMILES string of the molecule is C=C(C)c1cc(N2CC[C@@H](O)C2)cc(Cl)c1C. The lowest BCUT2D eigenvalue weighted by Crippen LogP contribution is -2.21. The maximum Gasteiger partial charge on any atom is 0.0731 e. The van der Waals surface area contributed by atoms with Crippen LogP contribution in [0.5, 0.6) is 0 Å². The summed E-state index contributed by atoms with van der Waals surface area (Å²) in [7, 11) is 0. The molecule has 1 aromatic carbocycles. The third-order valence-corrected chi connectivity index (χ3v) is 3.71. The molecule has 1 heterocycles. The van der Waals surface area contributed by atoms with Crippen LogP contribution in [0.1, 0.15) is 24.5 Å². The number of benzene rings is 1. The second-order valence-electron chi connectivity index (χ2n) is 4.77. The molecule has 1 fully saturated rings.